The van der Waals surface area contributed by atoms with Crippen molar-refractivity contribution in [2.75, 3.05) is 7.11 Å². The molecule has 0 heterocycles. The van der Waals surface area contributed by atoms with Gasteiger partial charge in [0.05, 0.1) is 7.11 Å². The Morgan fingerprint density at radius 3 is 2.12 bits per heavy atom. The highest BCUT2D eigenvalue weighted by molar-refractivity contribution is 6.10. The van der Waals surface area contributed by atoms with E-state index in [-0.39, 0.29) is 23.4 Å². The number of ether oxygens (including phenoxy) is 1. The van der Waals surface area contributed by atoms with Crippen LogP contribution in [0.3, 0.4) is 0 Å². The monoisotopic (exact) mass is 464 g/mol. The Morgan fingerprint density at radius 2 is 1.50 bits per heavy atom. The van der Waals surface area contributed by atoms with E-state index in [9.17, 15) is 9.90 Å². The number of methoxy groups -OCH3 is 1. The van der Waals surface area contributed by atoms with Crippen molar-refractivity contribution in [1.82, 2.24) is 0 Å². The van der Waals surface area contributed by atoms with Crippen molar-refractivity contribution in [3.63, 3.8) is 0 Å². The second-order valence-corrected chi connectivity index (χ2v) is 9.74. The predicted molar refractivity (Wildman–Crippen MR) is 144 cm³/mol. The first-order valence-corrected chi connectivity index (χ1v) is 13.0. The molecule has 0 aliphatic heterocycles. The van der Waals surface area contributed by atoms with E-state index >= 15 is 0 Å². The van der Waals surface area contributed by atoms with Gasteiger partial charge in [-0.25, -0.2) is 0 Å². The van der Waals surface area contributed by atoms with E-state index < -0.39 is 0 Å². The molecule has 2 rings (SSSR count). The van der Waals surface area contributed by atoms with E-state index in [0.717, 1.165) is 61.0 Å². The lowest BCUT2D eigenvalue weighted by molar-refractivity contribution is 0.0979. The number of carbonyl (C=O) groups is 1. The van der Waals surface area contributed by atoms with Gasteiger partial charge in [-0.2, -0.15) is 0 Å². The third-order valence-electron chi connectivity index (χ3n) is 6.90. The third kappa shape index (κ3) is 6.74. The summed E-state index contributed by atoms with van der Waals surface area (Å²) in [4.78, 5) is 13.4. The van der Waals surface area contributed by atoms with Crippen LogP contribution in [0.5, 0.6) is 5.75 Å². The molecule has 3 nitrogen and oxygen atoms in total. The summed E-state index contributed by atoms with van der Waals surface area (Å²) in [5, 5.41) is 11.1. The lowest BCUT2D eigenvalue weighted by atomic mass is 9.86. The summed E-state index contributed by atoms with van der Waals surface area (Å²) in [5.74, 6) is 1.18. The molecule has 0 spiro atoms. The largest absolute Gasteiger partial charge is 0.504 e. The average Bonchev–Trinajstić information content (AvgIpc) is 2.83. The van der Waals surface area contributed by atoms with Crippen molar-refractivity contribution in [1.29, 1.82) is 0 Å². The van der Waals surface area contributed by atoms with Crippen molar-refractivity contribution in [2.24, 2.45) is 0 Å². The van der Waals surface area contributed by atoms with E-state index in [1.807, 2.05) is 24.3 Å². The number of aliphatic hydroxyl groups excluding tert-OH is 1. The van der Waals surface area contributed by atoms with Crippen molar-refractivity contribution < 1.29 is 14.6 Å². The highest BCUT2D eigenvalue weighted by Gasteiger charge is 2.22. The molecule has 34 heavy (non-hydrogen) atoms. The molecule has 2 aromatic carbocycles. The Bertz CT molecular complexity index is 973. The first kappa shape index (κ1) is 27.7. The van der Waals surface area contributed by atoms with Crippen LogP contribution in [0.15, 0.2) is 42.2 Å². The number of aliphatic hydroxyl groups is 1. The van der Waals surface area contributed by atoms with Crippen LogP contribution in [0.25, 0.3) is 6.08 Å². The van der Waals surface area contributed by atoms with Crippen LogP contribution >= 0.6 is 0 Å². The highest BCUT2D eigenvalue weighted by atomic mass is 16.5. The maximum atomic E-state index is 13.4. The van der Waals surface area contributed by atoms with Gasteiger partial charge in [0.1, 0.15) is 5.75 Å². The number of ketones is 1. The summed E-state index contributed by atoms with van der Waals surface area (Å²) in [6, 6.07) is 11.9. The van der Waals surface area contributed by atoms with Crippen molar-refractivity contribution >= 4 is 11.9 Å². The van der Waals surface area contributed by atoms with Gasteiger partial charge in [-0.15, -0.1) is 0 Å². The number of rotatable bonds is 13. The molecular weight excluding hydrogens is 420 g/mol. The number of hydrogen-bond acceptors (Lipinski definition) is 3. The average molecular weight is 465 g/mol. The summed E-state index contributed by atoms with van der Waals surface area (Å²) in [5.41, 5.74) is 4.70. The Morgan fingerprint density at radius 1 is 0.912 bits per heavy atom. The summed E-state index contributed by atoms with van der Waals surface area (Å²) >= 11 is 0. The van der Waals surface area contributed by atoms with E-state index in [0.29, 0.717) is 11.5 Å². The summed E-state index contributed by atoms with van der Waals surface area (Å²) in [6.07, 6.45) is 7.94. The van der Waals surface area contributed by atoms with Gasteiger partial charge in [-0.05, 0) is 65.8 Å². The minimum absolute atomic E-state index is 0.219. The molecule has 0 saturated carbocycles. The zero-order chi connectivity index (χ0) is 25.3. The molecule has 3 unspecified atom stereocenters. The van der Waals surface area contributed by atoms with E-state index in [2.05, 4.69) is 53.7 Å². The molecule has 0 bridgehead atoms. The quantitative estimate of drug-likeness (QED) is 0.182. The van der Waals surface area contributed by atoms with Crippen LogP contribution in [-0.2, 0) is 0 Å². The van der Waals surface area contributed by atoms with Gasteiger partial charge in [0.2, 0.25) is 5.78 Å². The molecule has 1 N–H and O–H groups in total. The second kappa shape index (κ2) is 13.4. The van der Waals surface area contributed by atoms with Gasteiger partial charge < -0.3 is 9.84 Å². The number of benzene rings is 2. The summed E-state index contributed by atoms with van der Waals surface area (Å²) < 4.78 is 5.83. The van der Waals surface area contributed by atoms with Crippen molar-refractivity contribution in [2.45, 2.75) is 97.8 Å². The molecule has 3 atom stereocenters. The fraction of sp³-hybridized carbons (Fsp3) is 0.516. The standard InChI is InChI=1S/C31H44O3/c1-8-13-21(4)24-18-25(30(23(6)15-10-3)29(20-24)34-7)19-28(32)31(33)27-17-12-11-16-26(27)22(5)14-9-2/h11-12,16-23,32H,8-10,13-15H2,1-7H3. The van der Waals surface area contributed by atoms with Gasteiger partial charge >= 0.3 is 0 Å². The van der Waals surface area contributed by atoms with Gasteiger partial charge in [0.15, 0.2) is 5.76 Å². The molecule has 0 aliphatic rings. The molecule has 0 saturated heterocycles. The van der Waals surface area contributed by atoms with Gasteiger partial charge in [-0.1, -0.05) is 91.1 Å². The Kier molecular flexibility index (Phi) is 10.9. The number of Topliss-reactive ketones (excluding diaryl/α,β-unsaturated/α-hetero) is 1. The van der Waals surface area contributed by atoms with Gasteiger partial charge in [0.25, 0.3) is 0 Å². The highest BCUT2D eigenvalue weighted by Crippen LogP contribution is 2.38. The molecule has 3 heteroatoms. The predicted octanol–water partition coefficient (Wildman–Crippen LogP) is 9.19. The second-order valence-electron chi connectivity index (χ2n) is 9.74. The molecule has 2 aromatic rings. The van der Waals surface area contributed by atoms with E-state index in [1.165, 1.54) is 5.56 Å². The first-order chi connectivity index (χ1) is 16.3. The molecular formula is C31H44O3. The number of allylic oxidation sites excluding steroid dienone is 1. The van der Waals surface area contributed by atoms with E-state index in [4.69, 9.17) is 4.74 Å². The molecule has 0 amide bonds. The van der Waals surface area contributed by atoms with Crippen LogP contribution < -0.4 is 4.74 Å². The Hall–Kier alpha value is -2.55. The lowest BCUT2D eigenvalue weighted by Gasteiger charge is -2.22. The smallest absolute Gasteiger partial charge is 0.227 e. The molecule has 0 aliphatic carbocycles. The van der Waals surface area contributed by atoms with E-state index in [1.54, 1.807) is 13.2 Å². The fourth-order valence-electron chi connectivity index (χ4n) is 5.02. The zero-order valence-electron chi connectivity index (χ0n) is 22.3. The maximum absolute atomic E-state index is 13.4. The fourth-order valence-corrected chi connectivity index (χ4v) is 5.02. The topological polar surface area (TPSA) is 46.5 Å². The molecule has 0 radical (unpaired) electrons. The summed E-state index contributed by atoms with van der Waals surface area (Å²) in [6.45, 7) is 13.1. The number of hydrogen-bond donors (Lipinski definition) is 1. The summed E-state index contributed by atoms with van der Waals surface area (Å²) in [7, 11) is 1.70. The van der Waals surface area contributed by atoms with Crippen LogP contribution in [-0.4, -0.2) is 18.0 Å². The normalized spacial score (nSPS) is 14.5. The van der Waals surface area contributed by atoms with Crippen LogP contribution in [0.4, 0.5) is 0 Å². The maximum Gasteiger partial charge on any atom is 0.227 e. The van der Waals surface area contributed by atoms with Crippen LogP contribution in [0.2, 0.25) is 0 Å². The van der Waals surface area contributed by atoms with Crippen molar-refractivity contribution in [3.8, 4) is 5.75 Å². The minimum atomic E-state index is -0.321. The Labute approximate surface area is 207 Å². The Balaban J connectivity index is 2.61. The lowest BCUT2D eigenvalue weighted by Crippen LogP contribution is -2.10. The zero-order valence-corrected chi connectivity index (χ0v) is 22.3. The van der Waals surface area contributed by atoms with Gasteiger partial charge in [0, 0.05) is 11.1 Å². The minimum Gasteiger partial charge on any atom is -0.504 e. The van der Waals surface area contributed by atoms with Gasteiger partial charge in [-0.3, -0.25) is 4.79 Å². The molecule has 0 aromatic heterocycles. The molecule has 0 fully saturated rings. The van der Waals surface area contributed by atoms with Crippen LogP contribution in [0, 0.1) is 0 Å². The number of carbonyl (C=O) groups excluding carboxylic acids is 1. The first-order valence-electron chi connectivity index (χ1n) is 13.0. The third-order valence-corrected chi connectivity index (χ3v) is 6.90. The SMILES string of the molecule is CCCC(C)c1cc(C=C(O)C(=O)c2ccccc2C(C)CCC)c(C(C)CCC)c(OC)c1. The molecule has 186 valence electrons. The van der Waals surface area contributed by atoms with Crippen LogP contribution in [0.1, 0.15) is 130 Å². The van der Waals surface area contributed by atoms with Crippen molar-refractivity contribution in [3.05, 3.63) is 70.0 Å².